The van der Waals surface area contributed by atoms with Crippen LogP contribution in [0.5, 0.6) is 5.75 Å². The highest BCUT2D eigenvalue weighted by Crippen LogP contribution is 2.12. The largest absolute Gasteiger partial charge is 0.484 e. The molecule has 0 bridgehead atoms. The van der Waals surface area contributed by atoms with Crippen molar-refractivity contribution in [3.8, 4) is 5.75 Å². The Morgan fingerprint density at radius 1 is 1.21 bits per heavy atom. The van der Waals surface area contributed by atoms with Gasteiger partial charge in [-0.05, 0) is 48.6 Å². The highest BCUT2D eigenvalue weighted by Gasteiger charge is 2.16. The molecule has 9 heteroatoms. The SMILES string of the molecule is CC(C)CNC(=O)C(=O)N/N=C\c1ccc(OCC(=O)NC[C@H]2CCCO2)cc1. The minimum Gasteiger partial charge on any atom is -0.484 e. The van der Waals surface area contributed by atoms with Crippen molar-refractivity contribution in [2.75, 3.05) is 26.3 Å². The maximum atomic E-state index is 11.8. The molecule has 1 atom stereocenters. The van der Waals surface area contributed by atoms with E-state index < -0.39 is 11.8 Å². The van der Waals surface area contributed by atoms with Crippen molar-refractivity contribution in [3.05, 3.63) is 29.8 Å². The third-order valence-electron chi connectivity index (χ3n) is 4.06. The van der Waals surface area contributed by atoms with Crippen LogP contribution >= 0.6 is 0 Å². The molecular weight excluding hydrogens is 376 g/mol. The zero-order chi connectivity index (χ0) is 21.1. The molecule has 0 saturated carbocycles. The molecule has 0 spiro atoms. The summed E-state index contributed by atoms with van der Waals surface area (Å²) in [6.07, 6.45) is 3.50. The van der Waals surface area contributed by atoms with Crippen molar-refractivity contribution in [3.63, 3.8) is 0 Å². The molecule has 1 fully saturated rings. The van der Waals surface area contributed by atoms with Gasteiger partial charge < -0.3 is 20.1 Å². The molecule has 1 saturated heterocycles. The van der Waals surface area contributed by atoms with Crippen molar-refractivity contribution < 1.29 is 23.9 Å². The molecule has 0 aromatic heterocycles. The Morgan fingerprint density at radius 2 is 1.97 bits per heavy atom. The Hall–Kier alpha value is -2.94. The summed E-state index contributed by atoms with van der Waals surface area (Å²) in [7, 11) is 0. The van der Waals surface area contributed by atoms with E-state index in [1.165, 1.54) is 6.21 Å². The van der Waals surface area contributed by atoms with Crippen LogP contribution in [0.15, 0.2) is 29.4 Å². The van der Waals surface area contributed by atoms with Crippen LogP contribution in [0, 0.1) is 5.92 Å². The van der Waals surface area contributed by atoms with E-state index in [1.807, 2.05) is 13.8 Å². The summed E-state index contributed by atoms with van der Waals surface area (Å²) >= 11 is 0. The van der Waals surface area contributed by atoms with Gasteiger partial charge in [-0.25, -0.2) is 5.43 Å². The Labute approximate surface area is 170 Å². The molecule has 0 unspecified atom stereocenters. The second kappa shape index (κ2) is 11.8. The molecular formula is C20H28N4O5. The van der Waals surface area contributed by atoms with E-state index in [0.29, 0.717) is 24.4 Å². The highest BCUT2D eigenvalue weighted by molar-refractivity contribution is 6.35. The molecule has 1 aliphatic heterocycles. The number of carbonyl (C=O) groups is 3. The fraction of sp³-hybridized carbons (Fsp3) is 0.500. The standard InChI is InChI=1S/C20H28N4O5/c1-14(2)10-22-19(26)20(27)24-23-11-15-5-7-16(8-6-15)29-13-18(25)21-12-17-4-3-9-28-17/h5-8,11,14,17H,3-4,9-10,12-13H2,1-2H3,(H,21,25)(H,22,26)(H,24,27)/b23-11-/t17-/m1/s1. The zero-order valence-electron chi connectivity index (χ0n) is 16.8. The average molecular weight is 404 g/mol. The lowest BCUT2D eigenvalue weighted by Gasteiger charge is -2.11. The maximum Gasteiger partial charge on any atom is 0.329 e. The lowest BCUT2D eigenvalue weighted by atomic mass is 10.2. The molecule has 1 aromatic rings. The van der Waals surface area contributed by atoms with Crippen LogP contribution in [-0.4, -0.2) is 56.3 Å². The number of carbonyl (C=O) groups excluding carboxylic acids is 3. The third kappa shape index (κ3) is 8.73. The van der Waals surface area contributed by atoms with Crippen molar-refractivity contribution >= 4 is 23.9 Å². The number of hydrogen-bond acceptors (Lipinski definition) is 6. The molecule has 0 aliphatic carbocycles. The molecule has 1 aliphatic rings. The van der Waals surface area contributed by atoms with E-state index in [4.69, 9.17) is 9.47 Å². The summed E-state index contributed by atoms with van der Waals surface area (Å²) in [4.78, 5) is 34.9. The lowest BCUT2D eigenvalue weighted by molar-refractivity contribution is -0.139. The topological polar surface area (TPSA) is 118 Å². The first kappa shape index (κ1) is 22.4. The minimum absolute atomic E-state index is 0.0816. The summed E-state index contributed by atoms with van der Waals surface area (Å²) in [5, 5.41) is 9.04. The predicted octanol–water partition coefficient (Wildman–Crippen LogP) is 0.583. The fourth-order valence-corrected chi connectivity index (χ4v) is 2.48. The van der Waals surface area contributed by atoms with Gasteiger partial charge in [-0.3, -0.25) is 14.4 Å². The maximum absolute atomic E-state index is 11.8. The van der Waals surface area contributed by atoms with Gasteiger partial charge in [-0.2, -0.15) is 5.10 Å². The van der Waals surface area contributed by atoms with Crippen LogP contribution in [0.1, 0.15) is 32.3 Å². The van der Waals surface area contributed by atoms with E-state index in [9.17, 15) is 14.4 Å². The van der Waals surface area contributed by atoms with Gasteiger partial charge in [-0.15, -0.1) is 0 Å². The van der Waals surface area contributed by atoms with Gasteiger partial charge in [0, 0.05) is 19.7 Å². The smallest absolute Gasteiger partial charge is 0.329 e. The summed E-state index contributed by atoms with van der Waals surface area (Å²) in [5.74, 6) is -0.965. The Kier molecular flexibility index (Phi) is 9.10. The molecule has 158 valence electrons. The third-order valence-corrected chi connectivity index (χ3v) is 4.06. The molecule has 29 heavy (non-hydrogen) atoms. The monoisotopic (exact) mass is 404 g/mol. The molecule has 1 heterocycles. The minimum atomic E-state index is -0.823. The predicted molar refractivity (Wildman–Crippen MR) is 108 cm³/mol. The second-order valence-corrected chi connectivity index (χ2v) is 7.10. The van der Waals surface area contributed by atoms with E-state index in [-0.39, 0.29) is 24.5 Å². The van der Waals surface area contributed by atoms with Crippen LogP contribution in [-0.2, 0) is 19.1 Å². The number of amides is 3. The first-order chi connectivity index (χ1) is 13.9. The highest BCUT2D eigenvalue weighted by atomic mass is 16.5. The number of hydrazone groups is 1. The number of ether oxygens (including phenoxy) is 2. The van der Waals surface area contributed by atoms with Gasteiger partial charge in [0.05, 0.1) is 12.3 Å². The molecule has 2 rings (SSSR count). The van der Waals surface area contributed by atoms with Crippen molar-refractivity contribution in [2.24, 2.45) is 11.0 Å². The normalized spacial score (nSPS) is 16.0. The summed E-state index contributed by atoms with van der Waals surface area (Å²) in [6.45, 7) is 5.45. The quantitative estimate of drug-likeness (QED) is 0.316. The van der Waals surface area contributed by atoms with E-state index in [1.54, 1.807) is 24.3 Å². The summed E-state index contributed by atoms with van der Waals surface area (Å²) in [5.41, 5.74) is 2.87. The molecule has 9 nitrogen and oxygen atoms in total. The first-order valence-electron chi connectivity index (χ1n) is 9.66. The van der Waals surface area contributed by atoms with Gasteiger partial charge in [0.1, 0.15) is 5.75 Å². The van der Waals surface area contributed by atoms with Gasteiger partial charge >= 0.3 is 11.8 Å². The van der Waals surface area contributed by atoms with E-state index >= 15 is 0 Å². The number of nitrogens with one attached hydrogen (secondary N) is 3. The van der Waals surface area contributed by atoms with Gasteiger partial charge in [0.25, 0.3) is 5.91 Å². The summed E-state index contributed by atoms with van der Waals surface area (Å²) < 4.78 is 10.9. The zero-order valence-corrected chi connectivity index (χ0v) is 16.8. The number of nitrogens with zero attached hydrogens (tertiary/aromatic N) is 1. The number of rotatable bonds is 9. The van der Waals surface area contributed by atoms with Crippen LogP contribution in [0.2, 0.25) is 0 Å². The number of hydrogen-bond donors (Lipinski definition) is 3. The Morgan fingerprint density at radius 3 is 2.62 bits per heavy atom. The second-order valence-electron chi connectivity index (χ2n) is 7.10. The van der Waals surface area contributed by atoms with E-state index in [2.05, 4.69) is 21.2 Å². The molecule has 3 amide bonds. The average Bonchev–Trinajstić information content (AvgIpc) is 3.23. The lowest BCUT2D eigenvalue weighted by Crippen LogP contribution is -2.39. The van der Waals surface area contributed by atoms with Crippen molar-refractivity contribution in [2.45, 2.75) is 32.8 Å². The van der Waals surface area contributed by atoms with Crippen molar-refractivity contribution in [1.29, 1.82) is 0 Å². The van der Waals surface area contributed by atoms with Gasteiger partial charge in [-0.1, -0.05) is 13.8 Å². The molecule has 0 radical (unpaired) electrons. The summed E-state index contributed by atoms with van der Waals surface area (Å²) in [6, 6.07) is 6.81. The fourth-order valence-electron chi connectivity index (χ4n) is 2.48. The number of benzene rings is 1. The van der Waals surface area contributed by atoms with Crippen molar-refractivity contribution in [1.82, 2.24) is 16.1 Å². The van der Waals surface area contributed by atoms with E-state index in [0.717, 1.165) is 19.4 Å². The molecule has 1 aromatic carbocycles. The van der Waals surface area contributed by atoms with Crippen LogP contribution in [0.25, 0.3) is 0 Å². The molecule has 3 N–H and O–H groups in total. The van der Waals surface area contributed by atoms with Gasteiger partial charge in [0.2, 0.25) is 0 Å². The van der Waals surface area contributed by atoms with Gasteiger partial charge in [0.15, 0.2) is 6.61 Å². The van der Waals surface area contributed by atoms with Crippen LogP contribution in [0.3, 0.4) is 0 Å². The van der Waals surface area contributed by atoms with Crippen LogP contribution < -0.4 is 20.8 Å². The Bertz CT molecular complexity index is 712. The van der Waals surface area contributed by atoms with Crippen LogP contribution in [0.4, 0.5) is 0 Å². The first-order valence-corrected chi connectivity index (χ1v) is 9.66. The Balaban J connectivity index is 1.68.